The summed E-state index contributed by atoms with van der Waals surface area (Å²) in [6.07, 6.45) is 1.39. The quantitative estimate of drug-likeness (QED) is 0.598. The maximum atomic E-state index is 11.7. The first-order chi connectivity index (χ1) is 10.5. The highest BCUT2D eigenvalue weighted by Crippen LogP contribution is 2.00. The summed E-state index contributed by atoms with van der Waals surface area (Å²) in [6.45, 7) is 5.27. The number of rotatable bonds is 7. The molecule has 1 aromatic carbocycles. The number of guanidine groups is 1. The molecule has 0 heterocycles. The van der Waals surface area contributed by atoms with E-state index in [0.29, 0.717) is 19.5 Å². The molecule has 122 valence electrons. The molecule has 0 saturated carbocycles. The van der Waals surface area contributed by atoms with Crippen LogP contribution in [0, 0.1) is 0 Å². The molecule has 0 radical (unpaired) electrons. The van der Waals surface area contributed by atoms with Crippen LogP contribution in [0.25, 0.3) is 0 Å². The summed E-state index contributed by atoms with van der Waals surface area (Å²) >= 11 is 0. The van der Waals surface area contributed by atoms with E-state index in [2.05, 4.69) is 34.7 Å². The van der Waals surface area contributed by atoms with E-state index in [1.54, 1.807) is 0 Å². The van der Waals surface area contributed by atoms with Gasteiger partial charge in [0.1, 0.15) is 0 Å². The fourth-order valence-electron chi connectivity index (χ4n) is 1.84. The lowest BCUT2D eigenvalue weighted by Gasteiger charge is -2.18. The third kappa shape index (κ3) is 7.11. The van der Waals surface area contributed by atoms with Crippen LogP contribution in [0.1, 0.15) is 32.3 Å². The number of hydrogen-bond acceptors (Lipinski definition) is 2. The van der Waals surface area contributed by atoms with Crippen molar-refractivity contribution in [3.8, 4) is 0 Å². The van der Waals surface area contributed by atoms with Crippen LogP contribution in [0.3, 0.4) is 0 Å². The Balaban J connectivity index is 2.43. The van der Waals surface area contributed by atoms with Gasteiger partial charge in [-0.05, 0) is 18.9 Å². The van der Waals surface area contributed by atoms with Gasteiger partial charge >= 0.3 is 0 Å². The van der Waals surface area contributed by atoms with Crippen LogP contribution < -0.4 is 10.6 Å². The molecule has 2 N–H and O–H groups in total. The molecule has 0 aliphatic rings. The smallest absolute Gasteiger partial charge is 0.221 e. The lowest BCUT2D eigenvalue weighted by Crippen LogP contribution is -2.39. The predicted molar refractivity (Wildman–Crippen MR) is 91.8 cm³/mol. The summed E-state index contributed by atoms with van der Waals surface area (Å²) in [5.74, 6) is 0.864. The molecular weight excluding hydrogens is 276 g/mol. The van der Waals surface area contributed by atoms with Gasteiger partial charge in [0.2, 0.25) is 5.91 Å². The summed E-state index contributed by atoms with van der Waals surface area (Å²) in [7, 11) is 3.88. The second-order valence-corrected chi connectivity index (χ2v) is 5.57. The van der Waals surface area contributed by atoms with Gasteiger partial charge < -0.3 is 15.5 Å². The van der Waals surface area contributed by atoms with Crippen molar-refractivity contribution in [1.29, 1.82) is 0 Å². The van der Waals surface area contributed by atoms with Gasteiger partial charge in [-0.2, -0.15) is 0 Å². The van der Waals surface area contributed by atoms with E-state index in [1.807, 2.05) is 44.1 Å². The Hall–Kier alpha value is -2.04. The second kappa shape index (κ2) is 9.82. The van der Waals surface area contributed by atoms with E-state index in [4.69, 9.17) is 0 Å². The van der Waals surface area contributed by atoms with Gasteiger partial charge in [-0.15, -0.1) is 0 Å². The normalized spacial score (nSPS) is 12.6. The Morgan fingerprint density at radius 2 is 1.95 bits per heavy atom. The van der Waals surface area contributed by atoms with Crippen LogP contribution in [-0.4, -0.2) is 43.4 Å². The van der Waals surface area contributed by atoms with Gasteiger partial charge in [0.15, 0.2) is 5.96 Å². The van der Waals surface area contributed by atoms with Crippen LogP contribution in [-0.2, 0) is 11.3 Å². The molecule has 0 spiro atoms. The largest absolute Gasteiger partial charge is 0.356 e. The highest BCUT2D eigenvalue weighted by atomic mass is 16.1. The molecule has 1 rings (SSSR count). The monoisotopic (exact) mass is 304 g/mol. The third-order valence-corrected chi connectivity index (χ3v) is 3.33. The van der Waals surface area contributed by atoms with Crippen LogP contribution in [0.15, 0.2) is 35.3 Å². The molecule has 0 aliphatic carbocycles. The number of hydrogen-bond donors (Lipinski definition) is 2. The fraction of sp³-hybridized carbons (Fsp3) is 0.529. The van der Waals surface area contributed by atoms with Crippen LogP contribution in [0.4, 0.5) is 0 Å². The Bertz CT molecular complexity index is 471. The van der Waals surface area contributed by atoms with Gasteiger partial charge in [-0.25, -0.2) is 4.99 Å². The zero-order valence-electron chi connectivity index (χ0n) is 14.1. The van der Waals surface area contributed by atoms with Crippen molar-refractivity contribution in [1.82, 2.24) is 15.5 Å². The maximum Gasteiger partial charge on any atom is 0.221 e. The SMILES string of the molecule is CCC(C)NC(=O)CCNC(=NCc1ccccc1)N(C)C. The van der Waals surface area contributed by atoms with E-state index < -0.39 is 0 Å². The summed E-state index contributed by atoms with van der Waals surface area (Å²) < 4.78 is 0. The third-order valence-electron chi connectivity index (χ3n) is 3.33. The summed E-state index contributed by atoms with van der Waals surface area (Å²) in [5.41, 5.74) is 1.16. The molecule has 0 fully saturated rings. The first kappa shape index (κ1) is 18.0. The maximum absolute atomic E-state index is 11.7. The highest BCUT2D eigenvalue weighted by molar-refractivity contribution is 5.81. The molecule has 5 nitrogen and oxygen atoms in total. The minimum absolute atomic E-state index is 0.0722. The van der Waals surface area contributed by atoms with Crippen molar-refractivity contribution < 1.29 is 4.79 Å². The molecule has 1 atom stereocenters. The Kier molecular flexibility index (Phi) is 8.04. The van der Waals surface area contributed by atoms with Crippen molar-refractivity contribution >= 4 is 11.9 Å². The summed E-state index contributed by atoms with van der Waals surface area (Å²) in [4.78, 5) is 18.2. The highest BCUT2D eigenvalue weighted by Gasteiger charge is 2.06. The number of nitrogens with one attached hydrogen (secondary N) is 2. The molecule has 0 aromatic heterocycles. The zero-order valence-corrected chi connectivity index (χ0v) is 14.1. The molecule has 1 amide bonds. The number of benzene rings is 1. The van der Waals surface area contributed by atoms with Crippen LogP contribution in [0.5, 0.6) is 0 Å². The fourth-order valence-corrected chi connectivity index (χ4v) is 1.84. The van der Waals surface area contributed by atoms with Gasteiger partial charge in [0, 0.05) is 33.1 Å². The predicted octanol–water partition coefficient (Wildman–Crippen LogP) is 2.00. The minimum Gasteiger partial charge on any atom is -0.356 e. The molecule has 0 saturated heterocycles. The Morgan fingerprint density at radius 1 is 1.27 bits per heavy atom. The topological polar surface area (TPSA) is 56.7 Å². The van der Waals surface area contributed by atoms with Crippen LogP contribution >= 0.6 is 0 Å². The molecule has 22 heavy (non-hydrogen) atoms. The van der Waals surface area contributed by atoms with Crippen LogP contribution in [0.2, 0.25) is 0 Å². The number of aliphatic imine (C=N–C) groups is 1. The molecule has 0 bridgehead atoms. The molecule has 1 aromatic rings. The zero-order chi connectivity index (χ0) is 16.4. The average Bonchev–Trinajstić information content (AvgIpc) is 2.51. The number of nitrogens with zero attached hydrogens (tertiary/aromatic N) is 2. The lowest BCUT2D eigenvalue weighted by molar-refractivity contribution is -0.121. The van der Waals surface area contributed by atoms with E-state index >= 15 is 0 Å². The minimum atomic E-state index is 0.0722. The molecule has 5 heteroatoms. The molecular formula is C17H28N4O. The van der Waals surface area contributed by atoms with Crippen molar-refractivity contribution in [3.63, 3.8) is 0 Å². The van der Waals surface area contributed by atoms with Crippen molar-refractivity contribution in [3.05, 3.63) is 35.9 Å². The first-order valence-corrected chi connectivity index (χ1v) is 7.81. The van der Waals surface area contributed by atoms with Gasteiger partial charge in [-0.3, -0.25) is 4.79 Å². The van der Waals surface area contributed by atoms with Crippen molar-refractivity contribution in [2.45, 2.75) is 39.3 Å². The average molecular weight is 304 g/mol. The molecule has 0 aliphatic heterocycles. The Labute approximate surface area is 133 Å². The summed E-state index contributed by atoms with van der Waals surface area (Å²) in [6, 6.07) is 10.3. The number of carbonyl (C=O) groups is 1. The Morgan fingerprint density at radius 3 is 2.55 bits per heavy atom. The van der Waals surface area contributed by atoms with E-state index in [1.165, 1.54) is 0 Å². The summed E-state index contributed by atoms with van der Waals surface area (Å²) in [5, 5.41) is 6.18. The number of carbonyl (C=O) groups excluding carboxylic acids is 1. The number of amides is 1. The standard InChI is InChI=1S/C17H28N4O/c1-5-14(2)20-16(22)11-12-18-17(21(3)4)19-13-15-9-7-6-8-10-15/h6-10,14H,5,11-13H2,1-4H3,(H,18,19)(H,20,22). The van der Waals surface area contributed by atoms with E-state index in [9.17, 15) is 4.79 Å². The van der Waals surface area contributed by atoms with Gasteiger partial charge in [0.25, 0.3) is 0 Å². The van der Waals surface area contributed by atoms with Crippen molar-refractivity contribution in [2.24, 2.45) is 4.99 Å². The van der Waals surface area contributed by atoms with E-state index in [0.717, 1.165) is 17.9 Å². The van der Waals surface area contributed by atoms with Gasteiger partial charge in [0.05, 0.1) is 6.54 Å². The molecule has 1 unspecified atom stereocenters. The van der Waals surface area contributed by atoms with E-state index in [-0.39, 0.29) is 11.9 Å². The second-order valence-electron chi connectivity index (χ2n) is 5.57. The first-order valence-electron chi connectivity index (χ1n) is 7.81. The lowest BCUT2D eigenvalue weighted by atomic mass is 10.2. The van der Waals surface area contributed by atoms with Gasteiger partial charge in [-0.1, -0.05) is 37.3 Å². The van der Waals surface area contributed by atoms with Crippen molar-refractivity contribution in [2.75, 3.05) is 20.6 Å².